The van der Waals surface area contributed by atoms with Crippen LogP contribution < -0.4 is 10.5 Å². The molecule has 3 nitrogen and oxygen atoms in total. The molecule has 0 aromatic heterocycles. The topological polar surface area (TPSA) is 59.0 Å². The molecule has 0 amide bonds. The van der Waals surface area contributed by atoms with Gasteiger partial charge in [-0.3, -0.25) is 0 Å². The van der Waals surface area contributed by atoms with Crippen molar-refractivity contribution in [3.63, 3.8) is 0 Å². The van der Waals surface area contributed by atoms with E-state index in [-0.39, 0.29) is 0 Å². The third-order valence-corrected chi connectivity index (χ3v) is 2.63. The second-order valence-electron chi connectivity index (χ2n) is 4.14. The molecule has 0 radical (unpaired) electrons. The maximum Gasteiger partial charge on any atom is 0.137 e. The molecule has 0 fully saturated rings. The molecule has 0 aliphatic rings. The van der Waals surface area contributed by atoms with Crippen molar-refractivity contribution in [3.05, 3.63) is 59.2 Å². The molecule has 0 unspecified atom stereocenters. The molecular formula is C15H14N2O. The van der Waals surface area contributed by atoms with E-state index in [2.05, 4.69) is 6.07 Å². The summed E-state index contributed by atoms with van der Waals surface area (Å²) in [6.07, 6.45) is 0. The van der Waals surface area contributed by atoms with E-state index in [1.165, 1.54) is 0 Å². The summed E-state index contributed by atoms with van der Waals surface area (Å²) in [4.78, 5) is 0. The van der Waals surface area contributed by atoms with Gasteiger partial charge in [-0.15, -0.1) is 0 Å². The third kappa shape index (κ3) is 2.80. The Bertz CT molecular complexity index is 582. The van der Waals surface area contributed by atoms with E-state index in [1.54, 1.807) is 6.07 Å². The summed E-state index contributed by atoms with van der Waals surface area (Å²) in [5, 5.41) is 9.00. The van der Waals surface area contributed by atoms with Gasteiger partial charge < -0.3 is 10.5 Å². The molecular weight excluding hydrogens is 224 g/mol. The Hall–Kier alpha value is -2.47. The number of ether oxygens (including phenoxy) is 1. The van der Waals surface area contributed by atoms with Crippen LogP contribution in [0.25, 0.3) is 0 Å². The molecule has 0 saturated carbocycles. The van der Waals surface area contributed by atoms with E-state index in [0.717, 1.165) is 16.8 Å². The average molecular weight is 238 g/mol. The number of anilines is 1. The monoisotopic (exact) mass is 238 g/mol. The lowest BCUT2D eigenvalue weighted by atomic mass is 10.1. The zero-order valence-corrected chi connectivity index (χ0v) is 10.2. The van der Waals surface area contributed by atoms with E-state index in [0.29, 0.717) is 17.9 Å². The van der Waals surface area contributed by atoms with Crippen molar-refractivity contribution in [2.75, 3.05) is 5.73 Å². The molecule has 2 rings (SSSR count). The summed E-state index contributed by atoms with van der Waals surface area (Å²) in [6, 6.07) is 15.2. The van der Waals surface area contributed by atoms with Crippen molar-refractivity contribution in [2.45, 2.75) is 13.5 Å². The van der Waals surface area contributed by atoms with Gasteiger partial charge in [0.05, 0.1) is 5.56 Å². The highest BCUT2D eigenvalue weighted by Gasteiger charge is 2.03. The number of benzene rings is 2. The van der Waals surface area contributed by atoms with Gasteiger partial charge in [0, 0.05) is 5.69 Å². The number of nitriles is 1. The molecule has 0 saturated heterocycles. The minimum Gasteiger partial charge on any atom is -0.488 e. The van der Waals surface area contributed by atoms with Crippen LogP contribution in [0.15, 0.2) is 42.5 Å². The SMILES string of the molecule is Cc1ccc(C#N)c(OCc2ccc(N)cc2)c1. The molecule has 0 atom stereocenters. The first-order valence-corrected chi connectivity index (χ1v) is 5.67. The first kappa shape index (κ1) is 12.0. The maximum absolute atomic E-state index is 9.00. The zero-order chi connectivity index (χ0) is 13.0. The number of nitrogen functional groups attached to an aromatic ring is 1. The van der Waals surface area contributed by atoms with Crippen LogP contribution in [0.4, 0.5) is 5.69 Å². The Morgan fingerprint density at radius 3 is 2.56 bits per heavy atom. The Kier molecular flexibility index (Phi) is 3.49. The van der Waals surface area contributed by atoms with Gasteiger partial charge in [0.15, 0.2) is 0 Å². The number of nitrogens with two attached hydrogens (primary N) is 1. The maximum atomic E-state index is 9.00. The number of nitrogens with zero attached hydrogens (tertiary/aromatic N) is 1. The molecule has 0 aliphatic heterocycles. The molecule has 2 aromatic carbocycles. The summed E-state index contributed by atoms with van der Waals surface area (Å²) in [5.41, 5.74) is 8.99. The summed E-state index contributed by atoms with van der Waals surface area (Å²) in [6.45, 7) is 2.40. The normalized spacial score (nSPS) is 9.78. The molecule has 0 aliphatic carbocycles. The first-order chi connectivity index (χ1) is 8.69. The molecule has 2 aromatic rings. The molecule has 18 heavy (non-hydrogen) atoms. The lowest BCUT2D eigenvalue weighted by Crippen LogP contribution is -1.98. The molecule has 0 bridgehead atoms. The van der Waals surface area contributed by atoms with E-state index in [1.807, 2.05) is 43.3 Å². The van der Waals surface area contributed by atoms with E-state index < -0.39 is 0 Å². The number of aryl methyl sites for hydroxylation is 1. The summed E-state index contributed by atoms with van der Waals surface area (Å²) in [5.74, 6) is 0.620. The minimum atomic E-state index is 0.429. The third-order valence-electron chi connectivity index (χ3n) is 2.63. The predicted molar refractivity (Wildman–Crippen MR) is 71.1 cm³/mol. The first-order valence-electron chi connectivity index (χ1n) is 5.67. The van der Waals surface area contributed by atoms with Crippen LogP contribution in [0.3, 0.4) is 0 Å². The van der Waals surface area contributed by atoms with Gasteiger partial charge in [-0.2, -0.15) is 5.26 Å². The second-order valence-corrected chi connectivity index (χ2v) is 4.14. The Labute approximate surface area is 106 Å². The summed E-state index contributed by atoms with van der Waals surface area (Å²) in [7, 11) is 0. The van der Waals surface area contributed by atoms with Crippen molar-refractivity contribution in [1.82, 2.24) is 0 Å². The van der Waals surface area contributed by atoms with Gasteiger partial charge in [0.1, 0.15) is 18.4 Å². The Balaban J connectivity index is 2.13. The van der Waals surface area contributed by atoms with Gasteiger partial charge in [0.25, 0.3) is 0 Å². The van der Waals surface area contributed by atoms with Crippen molar-refractivity contribution in [1.29, 1.82) is 5.26 Å². The van der Waals surface area contributed by atoms with Crippen LogP contribution >= 0.6 is 0 Å². The fourth-order valence-electron chi connectivity index (χ4n) is 1.62. The summed E-state index contributed by atoms with van der Waals surface area (Å²) < 4.78 is 5.67. The van der Waals surface area contributed by atoms with Crippen molar-refractivity contribution in [3.8, 4) is 11.8 Å². The van der Waals surface area contributed by atoms with Crippen molar-refractivity contribution >= 4 is 5.69 Å². The number of hydrogen-bond donors (Lipinski definition) is 1. The van der Waals surface area contributed by atoms with Crippen LogP contribution in [-0.2, 0) is 6.61 Å². The van der Waals surface area contributed by atoms with Crippen LogP contribution in [0, 0.1) is 18.3 Å². The molecule has 0 heterocycles. The predicted octanol–water partition coefficient (Wildman–Crippen LogP) is 3.03. The molecule has 2 N–H and O–H groups in total. The van der Waals surface area contributed by atoms with Crippen molar-refractivity contribution < 1.29 is 4.74 Å². The lowest BCUT2D eigenvalue weighted by Gasteiger charge is -2.09. The highest BCUT2D eigenvalue weighted by atomic mass is 16.5. The lowest BCUT2D eigenvalue weighted by molar-refractivity contribution is 0.305. The quantitative estimate of drug-likeness (QED) is 0.836. The minimum absolute atomic E-state index is 0.429. The standard InChI is InChI=1S/C15H14N2O/c1-11-2-5-13(9-16)15(8-11)18-10-12-3-6-14(17)7-4-12/h2-8H,10,17H2,1H3. The average Bonchev–Trinajstić information content (AvgIpc) is 2.38. The largest absolute Gasteiger partial charge is 0.488 e. The van der Waals surface area contributed by atoms with E-state index in [4.69, 9.17) is 15.7 Å². The fraction of sp³-hybridized carbons (Fsp3) is 0.133. The van der Waals surface area contributed by atoms with Gasteiger partial charge in [-0.25, -0.2) is 0 Å². The van der Waals surface area contributed by atoms with Gasteiger partial charge in [0.2, 0.25) is 0 Å². The fourth-order valence-corrected chi connectivity index (χ4v) is 1.62. The zero-order valence-electron chi connectivity index (χ0n) is 10.2. The highest BCUT2D eigenvalue weighted by molar-refractivity contribution is 5.45. The second kappa shape index (κ2) is 5.24. The number of hydrogen-bond acceptors (Lipinski definition) is 3. The molecule has 3 heteroatoms. The Morgan fingerprint density at radius 2 is 1.89 bits per heavy atom. The van der Waals surface area contributed by atoms with Crippen LogP contribution in [0.2, 0.25) is 0 Å². The smallest absolute Gasteiger partial charge is 0.137 e. The Morgan fingerprint density at radius 1 is 1.17 bits per heavy atom. The van der Waals surface area contributed by atoms with Gasteiger partial charge in [-0.05, 0) is 42.3 Å². The van der Waals surface area contributed by atoms with Crippen LogP contribution in [0.5, 0.6) is 5.75 Å². The van der Waals surface area contributed by atoms with Crippen LogP contribution in [-0.4, -0.2) is 0 Å². The van der Waals surface area contributed by atoms with Gasteiger partial charge >= 0.3 is 0 Å². The van der Waals surface area contributed by atoms with Gasteiger partial charge in [-0.1, -0.05) is 18.2 Å². The summed E-state index contributed by atoms with van der Waals surface area (Å²) >= 11 is 0. The van der Waals surface area contributed by atoms with Crippen LogP contribution in [0.1, 0.15) is 16.7 Å². The molecule has 90 valence electrons. The molecule has 0 spiro atoms. The van der Waals surface area contributed by atoms with E-state index in [9.17, 15) is 0 Å². The highest BCUT2D eigenvalue weighted by Crippen LogP contribution is 2.20. The van der Waals surface area contributed by atoms with Crippen molar-refractivity contribution in [2.24, 2.45) is 0 Å². The van der Waals surface area contributed by atoms with E-state index >= 15 is 0 Å². The number of rotatable bonds is 3.